The molecular formula is C7H9N4Si. The molecule has 0 aromatic carbocycles. The molecule has 0 fully saturated rings. The van der Waals surface area contributed by atoms with Gasteiger partial charge in [0.05, 0.1) is 12.5 Å². The van der Waals surface area contributed by atoms with Crippen LogP contribution in [0.1, 0.15) is 0 Å². The quantitative estimate of drug-likeness (QED) is 0.608. The highest BCUT2D eigenvalue weighted by molar-refractivity contribution is 6.54. The molecule has 1 radical (unpaired) electrons. The first-order valence-electron chi connectivity index (χ1n) is 3.72. The van der Waals surface area contributed by atoms with Gasteiger partial charge in [0.1, 0.15) is 11.8 Å². The lowest BCUT2D eigenvalue weighted by atomic mass is 10.6. The molecule has 61 valence electrons. The van der Waals surface area contributed by atoms with Gasteiger partial charge in [-0.25, -0.2) is 15.0 Å². The van der Waals surface area contributed by atoms with E-state index in [0.29, 0.717) is 0 Å². The van der Waals surface area contributed by atoms with Crippen molar-refractivity contribution in [1.29, 1.82) is 0 Å². The maximum absolute atomic E-state index is 4.20. The van der Waals surface area contributed by atoms with E-state index in [1.165, 1.54) is 0 Å². The van der Waals surface area contributed by atoms with E-state index < -0.39 is 8.96 Å². The van der Waals surface area contributed by atoms with Gasteiger partial charge in [-0.15, -0.1) is 0 Å². The smallest absolute Gasteiger partial charge is 0.172 e. The van der Waals surface area contributed by atoms with E-state index in [0.717, 1.165) is 11.2 Å². The fraction of sp³-hybridized carbons (Fsp3) is 0.286. The largest absolute Gasteiger partial charge is 0.344 e. The average molecular weight is 177 g/mol. The molecule has 0 unspecified atom stereocenters. The molecule has 0 aliphatic heterocycles. The van der Waals surface area contributed by atoms with E-state index in [2.05, 4.69) is 32.3 Å². The molecule has 0 amide bonds. The molecule has 2 aromatic rings. The van der Waals surface area contributed by atoms with Crippen LogP contribution in [-0.2, 0) is 0 Å². The molecular weight excluding hydrogens is 168 g/mol. The maximum Gasteiger partial charge on any atom is 0.172 e. The predicted octanol–water partition coefficient (Wildman–Crippen LogP) is 0.925. The molecule has 0 bridgehead atoms. The summed E-state index contributed by atoms with van der Waals surface area (Å²) in [4.78, 5) is 12.3. The van der Waals surface area contributed by atoms with Crippen LogP contribution in [0.5, 0.6) is 0 Å². The molecule has 0 spiro atoms. The van der Waals surface area contributed by atoms with Crippen molar-refractivity contribution in [2.24, 2.45) is 0 Å². The maximum atomic E-state index is 4.20. The van der Waals surface area contributed by atoms with E-state index in [9.17, 15) is 0 Å². The second-order valence-electron chi connectivity index (χ2n) is 2.79. The number of hydrogen-bond donors (Lipinski definition) is 0. The number of aromatic nitrogens is 4. The Balaban J connectivity index is 2.70. The van der Waals surface area contributed by atoms with E-state index in [1.54, 1.807) is 12.5 Å². The Morgan fingerprint density at radius 1 is 1.33 bits per heavy atom. The van der Waals surface area contributed by atoms with Gasteiger partial charge in [0, 0.05) is 0 Å². The zero-order valence-electron chi connectivity index (χ0n) is 7.02. The molecule has 2 rings (SSSR count). The summed E-state index contributed by atoms with van der Waals surface area (Å²) in [6, 6.07) is 0. The Morgan fingerprint density at radius 2 is 2.17 bits per heavy atom. The Bertz CT molecular complexity index is 395. The molecule has 0 aliphatic carbocycles. The van der Waals surface area contributed by atoms with Gasteiger partial charge in [-0.05, 0) is 0 Å². The van der Waals surface area contributed by atoms with Crippen molar-refractivity contribution in [3.05, 3.63) is 18.9 Å². The fourth-order valence-electron chi connectivity index (χ4n) is 1.09. The van der Waals surface area contributed by atoms with Gasteiger partial charge < -0.3 is 4.23 Å². The molecule has 5 heteroatoms. The summed E-state index contributed by atoms with van der Waals surface area (Å²) in [5.41, 5.74) is 1.83. The first-order valence-corrected chi connectivity index (χ1v) is 6.17. The molecule has 12 heavy (non-hydrogen) atoms. The van der Waals surface area contributed by atoms with Crippen LogP contribution in [0.2, 0.25) is 13.1 Å². The van der Waals surface area contributed by atoms with Crippen molar-refractivity contribution in [2.45, 2.75) is 13.1 Å². The third-order valence-corrected chi connectivity index (χ3v) is 2.99. The predicted molar refractivity (Wildman–Crippen MR) is 48.2 cm³/mol. The number of hydrogen-bond acceptors (Lipinski definition) is 3. The molecule has 4 nitrogen and oxygen atoms in total. The topological polar surface area (TPSA) is 43.6 Å². The van der Waals surface area contributed by atoms with Crippen LogP contribution in [0.4, 0.5) is 0 Å². The first kappa shape index (κ1) is 7.42. The first-order chi connectivity index (χ1) is 5.79. The summed E-state index contributed by atoms with van der Waals surface area (Å²) in [7, 11) is -0.530. The van der Waals surface area contributed by atoms with Gasteiger partial charge >= 0.3 is 0 Å². The summed E-state index contributed by atoms with van der Waals surface area (Å²) in [5.74, 6) is 0. The van der Waals surface area contributed by atoms with Crippen LogP contribution in [0.15, 0.2) is 18.9 Å². The lowest BCUT2D eigenvalue weighted by Crippen LogP contribution is -2.14. The van der Waals surface area contributed by atoms with Gasteiger partial charge in [0.15, 0.2) is 14.6 Å². The summed E-state index contributed by atoms with van der Waals surface area (Å²) in [6.07, 6.45) is 5.14. The highest BCUT2D eigenvalue weighted by Crippen LogP contribution is 2.07. The highest BCUT2D eigenvalue weighted by atomic mass is 28.3. The Hall–Kier alpha value is -1.23. The van der Waals surface area contributed by atoms with Gasteiger partial charge in [-0.1, -0.05) is 13.1 Å². The zero-order chi connectivity index (χ0) is 8.55. The van der Waals surface area contributed by atoms with Crippen molar-refractivity contribution >= 4 is 20.1 Å². The molecule has 2 heterocycles. The van der Waals surface area contributed by atoms with Crippen molar-refractivity contribution in [2.75, 3.05) is 0 Å². The van der Waals surface area contributed by atoms with Crippen LogP contribution in [0, 0.1) is 0 Å². The van der Waals surface area contributed by atoms with Gasteiger partial charge in [0.25, 0.3) is 0 Å². The Morgan fingerprint density at radius 3 is 2.92 bits per heavy atom. The molecule has 0 aliphatic rings. The van der Waals surface area contributed by atoms with Crippen molar-refractivity contribution in [3.8, 4) is 0 Å². The highest BCUT2D eigenvalue weighted by Gasteiger charge is 2.06. The van der Waals surface area contributed by atoms with Crippen LogP contribution in [0.3, 0.4) is 0 Å². The van der Waals surface area contributed by atoms with E-state index in [4.69, 9.17) is 0 Å². The molecule has 0 saturated heterocycles. The second-order valence-corrected chi connectivity index (χ2v) is 5.17. The Labute approximate surface area is 72.0 Å². The molecule has 2 aromatic heterocycles. The monoisotopic (exact) mass is 177 g/mol. The van der Waals surface area contributed by atoms with Gasteiger partial charge in [-0.3, -0.25) is 0 Å². The number of rotatable bonds is 1. The summed E-state index contributed by atoms with van der Waals surface area (Å²) in [6.45, 7) is 4.40. The van der Waals surface area contributed by atoms with Gasteiger partial charge in [-0.2, -0.15) is 0 Å². The average Bonchev–Trinajstić information content (AvgIpc) is 2.47. The second kappa shape index (κ2) is 2.67. The minimum absolute atomic E-state index is 0.530. The minimum atomic E-state index is -0.530. The summed E-state index contributed by atoms with van der Waals surface area (Å²) in [5, 5.41) is 0. The number of nitrogens with zero attached hydrogens (tertiary/aromatic N) is 4. The number of imidazole rings is 1. The summed E-state index contributed by atoms with van der Waals surface area (Å²) < 4.78 is 2.13. The normalized spacial score (nSPS) is 11.2. The third-order valence-electron chi connectivity index (χ3n) is 1.69. The van der Waals surface area contributed by atoms with Gasteiger partial charge in [0.2, 0.25) is 0 Å². The van der Waals surface area contributed by atoms with Crippen molar-refractivity contribution < 1.29 is 0 Å². The minimum Gasteiger partial charge on any atom is -0.344 e. The lowest BCUT2D eigenvalue weighted by Gasteiger charge is -2.03. The van der Waals surface area contributed by atoms with Crippen LogP contribution in [0.25, 0.3) is 11.2 Å². The molecule has 0 saturated carbocycles. The lowest BCUT2D eigenvalue weighted by molar-refractivity contribution is 1.14. The van der Waals surface area contributed by atoms with Crippen molar-refractivity contribution in [1.82, 2.24) is 19.2 Å². The van der Waals surface area contributed by atoms with E-state index >= 15 is 0 Å². The van der Waals surface area contributed by atoms with Crippen LogP contribution < -0.4 is 0 Å². The third kappa shape index (κ3) is 1.02. The molecule has 0 N–H and O–H groups in total. The van der Waals surface area contributed by atoms with Crippen LogP contribution >= 0.6 is 0 Å². The SMILES string of the molecule is C[Si](C)n1cnc2cncnc21. The fourth-order valence-corrected chi connectivity index (χ4v) is 1.98. The molecule has 0 atom stereocenters. The Kier molecular flexibility index (Phi) is 1.65. The summed E-state index contributed by atoms with van der Waals surface area (Å²) >= 11 is 0. The van der Waals surface area contributed by atoms with E-state index in [-0.39, 0.29) is 0 Å². The van der Waals surface area contributed by atoms with E-state index in [1.807, 2.05) is 6.33 Å². The standard InChI is InChI=1S/C7H9N4Si/c1-12(2)11-5-10-6-3-8-4-9-7(6)11/h3-5H,1-2H3. The van der Waals surface area contributed by atoms with Crippen LogP contribution in [-0.4, -0.2) is 28.1 Å². The zero-order valence-corrected chi connectivity index (χ0v) is 8.02. The van der Waals surface area contributed by atoms with Crippen molar-refractivity contribution in [3.63, 3.8) is 0 Å². The number of fused-ring (bicyclic) bond motifs is 1.